The van der Waals surface area contributed by atoms with Gasteiger partial charge in [0, 0.05) is 11.4 Å². The quantitative estimate of drug-likeness (QED) is 0.502. The highest BCUT2D eigenvalue weighted by Crippen LogP contribution is 2.35. The number of hydrogen-bond acceptors (Lipinski definition) is 6. The van der Waals surface area contributed by atoms with Crippen molar-refractivity contribution in [3.05, 3.63) is 65.4 Å². The van der Waals surface area contributed by atoms with Crippen LogP contribution in [-0.2, 0) is 14.3 Å². The fraction of sp³-hybridized carbons (Fsp3) is 0.292. The third kappa shape index (κ3) is 5.82. The zero-order valence-electron chi connectivity index (χ0n) is 18.8. The zero-order chi connectivity index (χ0) is 23.8. The van der Waals surface area contributed by atoms with Crippen molar-refractivity contribution in [3.63, 3.8) is 0 Å². The topological polar surface area (TPSA) is 115 Å². The first-order valence-corrected chi connectivity index (χ1v) is 10.5. The van der Waals surface area contributed by atoms with Crippen molar-refractivity contribution in [1.82, 2.24) is 10.6 Å². The highest BCUT2D eigenvalue weighted by molar-refractivity contribution is 5.95. The molecule has 0 aliphatic carbocycles. The van der Waals surface area contributed by atoms with Gasteiger partial charge in [-0.1, -0.05) is 37.6 Å². The third-order valence-electron chi connectivity index (χ3n) is 5.00. The molecule has 0 aromatic heterocycles. The fourth-order valence-electron chi connectivity index (χ4n) is 3.51. The van der Waals surface area contributed by atoms with Crippen molar-refractivity contribution in [2.45, 2.75) is 25.8 Å². The van der Waals surface area contributed by atoms with E-state index in [0.717, 1.165) is 6.42 Å². The Morgan fingerprint density at radius 2 is 1.82 bits per heavy atom. The number of carbonyl (C=O) groups is 3. The lowest BCUT2D eigenvalue weighted by Crippen LogP contribution is -2.45. The van der Waals surface area contributed by atoms with Gasteiger partial charge in [0.1, 0.15) is 0 Å². The smallest absolute Gasteiger partial charge is 0.337 e. The van der Waals surface area contributed by atoms with Crippen LogP contribution in [0.4, 0.5) is 10.5 Å². The molecule has 1 aliphatic rings. The number of rotatable bonds is 9. The fourth-order valence-corrected chi connectivity index (χ4v) is 3.51. The Bertz CT molecular complexity index is 1050. The summed E-state index contributed by atoms with van der Waals surface area (Å²) in [5, 5.41) is 8.21. The molecule has 0 fully saturated rings. The van der Waals surface area contributed by atoms with Gasteiger partial charge in [0.2, 0.25) is 0 Å². The van der Waals surface area contributed by atoms with E-state index in [1.54, 1.807) is 30.3 Å². The molecule has 1 unspecified atom stereocenters. The normalized spacial score (nSPS) is 15.2. The second kappa shape index (κ2) is 11.0. The van der Waals surface area contributed by atoms with Crippen molar-refractivity contribution in [1.29, 1.82) is 0 Å². The molecule has 1 atom stereocenters. The Hall–Kier alpha value is -4.01. The van der Waals surface area contributed by atoms with E-state index in [1.165, 1.54) is 14.2 Å². The molecule has 0 radical (unpaired) electrons. The number of benzene rings is 2. The summed E-state index contributed by atoms with van der Waals surface area (Å²) in [6.07, 6.45) is 1.26. The first-order valence-electron chi connectivity index (χ1n) is 10.5. The molecule has 0 saturated carbocycles. The van der Waals surface area contributed by atoms with E-state index in [2.05, 4.69) is 16.0 Å². The van der Waals surface area contributed by atoms with Gasteiger partial charge >= 0.3 is 12.0 Å². The molecule has 3 rings (SSSR count). The lowest BCUT2D eigenvalue weighted by Gasteiger charge is -2.29. The summed E-state index contributed by atoms with van der Waals surface area (Å²) in [6, 6.07) is 12.9. The Morgan fingerprint density at radius 1 is 1.06 bits per heavy atom. The summed E-state index contributed by atoms with van der Waals surface area (Å²) in [5.41, 5.74) is 2.13. The van der Waals surface area contributed by atoms with Crippen molar-refractivity contribution in [2.24, 2.45) is 0 Å². The molecule has 33 heavy (non-hydrogen) atoms. The van der Waals surface area contributed by atoms with E-state index in [0.29, 0.717) is 40.4 Å². The Balaban J connectivity index is 1.81. The number of anilines is 1. The molecule has 0 spiro atoms. The van der Waals surface area contributed by atoms with Crippen LogP contribution in [-0.4, -0.2) is 38.7 Å². The van der Waals surface area contributed by atoms with Gasteiger partial charge in [-0.3, -0.25) is 4.79 Å². The van der Waals surface area contributed by atoms with Crippen molar-refractivity contribution >= 4 is 23.6 Å². The standard InChI is InChI=1S/C24H27N3O6/c1-4-8-17-21(23(29)32-3)22(27-24(30)26-17)15-11-12-18(19(13-15)31-2)33-14-20(28)25-16-9-6-5-7-10-16/h5-7,9-13,22H,4,8,14H2,1-3H3,(H,25,28)(H2,26,27,30). The maximum Gasteiger partial charge on any atom is 0.337 e. The molecule has 0 saturated heterocycles. The predicted octanol–water partition coefficient (Wildman–Crippen LogP) is 3.29. The molecule has 0 bridgehead atoms. The number of amides is 3. The number of ether oxygens (including phenoxy) is 3. The molecule has 174 valence electrons. The van der Waals surface area contributed by atoms with Crippen LogP contribution in [0, 0.1) is 0 Å². The number of urea groups is 1. The maximum absolute atomic E-state index is 12.5. The van der Waals surface area contributed by atoms with Gasteiger partial charge in [-0.15, -0.1) is 0 Å². The SMILES string of the molecule is CCCC1=C(C(=O)OC)C(c2ccc(OCC(=O)Nc3ccccc3)c(OC)c2)NC(=O)N1. The molecule has 1 heterocycles. The number of para-hydroxylation sites is 1. The van der Waals surface area contributed by atoms with Crippen molar-refractivity contribution in [2.75, 3.05) is 26.1 Å². The van der Waals surface area contributed by atoms with Gasteiger partial charge in [-0.25, -0.2) is 9.59 Å². The molecule has 2 aromatic carbocycles. The first kappa shape index (κ1) is 23.6. The summed E-state index contributed by atoms with van der Waals surface area (Å²) in [7, 11) is 2.76. The Labute approximate surface area is 192 Å². The molecule has 9 heteroatoms. The minimum Gasteiger partial charge on any atom is -0.493 e. The highest BCUT2D eigenvalue weighted by atomic mass is 16.5. The molecular formula is C24H27N3O6. The van der Waals surface area contributed by atoms with Crippen LogP contribution in [0.5, 0.6) is 11.5 Å². The van der Waals surface area contributed by atoms with Crippen LogP contribution in [0.3, 0.4) is 0 Å². The average molecular weight is 453 g/mol. The van der Waals surface area contributed by atoms with E-state index in [1.807, 2.05) is 25.1 Å². The van der Waals surface area contributed by atoms with Gasteiger partial charge in [0.25, 0.3) is 5.91 Å². The Kier molecular flexibility index (Phi) is 7.91. The number of esters is 1. The Morgan fingerprint density at radius 3 is 2.48 bits per heavy atom. The summed E-state index contributed by atoms with van der Waals surface area (Å²) in [5.74, 6) is -0.151. The van der Waals surface area contributed by atoms with Gasteiger partial charge < -0.3 is 30.2 Å². The minimum absolute atomic E-state index is 0.220. The molecule has 1 aliphatic heterocycles. The van der Waals surface area contributed by atoms with Crippen LogP contribution in [0.1, 0.15) is 31.4 Å². The minimum atomic E-state index is -0.725. The second-order valence-corrected chi connectivity index (χ2v) is 7.28. The van der Waals surface area contributed by atoms with Crippen LogP contribution in [0.25, 0.3) is 0 Å². The molecular weight excluding hydrogens is 426 g/mol. The van der Waals surface area contributed by atoms with E-state index in [4.69, 9.17) is 14.2 Å². The van der Waals surface area contributed by atoms with Crippen LogP contribution in [0.2, 0.25) is 0 Å². The van der Waals surface area contributed by atoms with E-state index in [-0.39, 0.29) is 12.5 Å². The average Bonchev–Trinajstić information content (AvgIpc) is 2.82. The molecule has 9 nitrogen and oxygen atoms in total. The number of nitrogens with one attached hydrogen (secondary N) is 3. The lowest BCUT2D eigenvalue weighted by atomic mass is 9.93. The van der Waals surface area contributed by atoms with Gasteiger partial charge in [-0.05, 0) is 36.2 Å². The summed E-state index contributed by atoms with van der Waals surface area (Å²) < 4.78 is 16.0. The molecule has 3 amide bonds. The zero-order valence-corrected chi connectivity index (χ0v) is 18.8. The highest BCUT2D eigenvalue weighted by Gasteiger charge is 2.33. The molecule has 2 aromatic rings. The van der Waals surface area contributed by atoms with E-state index in [9.17, 15) is 14.4 Å². The van der Waals surface area contributed by atoms with Crippen molar-refractivity contribution in [3.8, 4) is 11.5 Å². The predicted molar refractivity (Wildman–Crippen MR) is 122 cm³/mol. The number of methoxy groups -OCH3 is 2. The summed E-state index contributed by atoms with van der Waals surface area (Å²) >= 11 is 0. The largest absolute Gasteiger partial charge is 0.493 e. The van der Waals surface area contributed by atoms with E-state index < -0.39 is 18.0 Å². The lowest BCUT2D eigenvalue weighted by molar-refractivity contribution is -0.136. The second-order valence-electron chi connectivity index (χ2n) is 7.28. The number of allylic oxidation sites excluding steroid dienone is 1. The molecule has 3 N–H and O–H groups in total. The van der Waals surface area contributed by atoms with Gasteiger partial charge in [-0.2, -0.15) is 0 Å². The van der Waals surface area contributed by atoms with Crippen LogP contribution < -0.4 is 25.4 Å². The summed E-state index contributed by atoms with van der Waals surface area (Å²) in [4.78, 5) is 36.9. The first-order chi connectivity index (χ1) is 16.0. The van der Waals surface area contributed by atoms with Gasteiger partial charge in [0.05, 0.1) is 25.8 Å². The number of carbonyl (C=O) groups excluding carboxylic acids is 3. The van der Waals surface area contributed by atoms with Gasteiger partial charge in [0.15, 0.2) is 18.1 Å². The monoisotopic (exact) mass is 453 g/mol. The van der Waals surface area contributed by atoms with Crippen molar-refractivity contribution < 1.29 is 28.6 Å². The summed E-state index contributed by atoms with van der Waals surface area (Å²) in [6.45, 7) is 1.73. The number of hydrogen-bond donors (Lipinski definition) is 3. The third-order valence-corrected chi connectivity index (χ3v) is 5.00. The maximum atomic E-state index is 12.5. The van der Waals surface area contributed by atoms with E-state index >= 15 is 0 Å². The van der Waals surface area contributed by atoms with Crippen LogP contribution >= 0.6 is 0 Å². The van der Waals surface area contributed by atoms with Crippen LogP contribution in [0.15, 0.2) is 59.8 Å².